The molecule has 0 aliphatic heterocycles. The van der Waals surface area contributed by atoms with E-state index >= 15 is 0 Å². The average molecular weight is 200 g/mol. The third-order valence-corrected chi connectivity index (χ3v) is 2.94. The minimum atomic E-state index is -0.187. The number of ether oxygens (including phenoxy) is 1. The molecule has 1 saturated carbocycles. The van der Waals surface area contributed by atoms with Gasteiger partial charge in [-0.2, -0.15) is 0 Å². The van der Waals surface area contributed by atoms with Crippen LogP contribution in [0.25, 0.3) is 0 Å². The summed E-state index contributed by atoms with van der Waals surface area (Å²) in [4.78, 5) is 11.4. The zero-order valence-corrected chi connectivity index (χ0v) is 9.03. The van der Waals surface area contributed by atoms with Crippen LogP contribution in [0.2, 0.25) is 0 Å². The number of hydrogen-bond donors (Lipinski definition) is 1. The van der Waals surface area contributed by atoms with Crippen molar-refractivity contribution in [2.45, 2.75) is 58.2 Å². The second-order valence-corrected chi connectivity index (χ2v) is 4.18. The molecule has 0 aromatic carbocycles. The lowest BCUT2D eigenvalue weighted by atomic mass is 9.95. The molecule has 1 fully saturated rings. The molecule has 0 saturated heterocycles. The van der Waals surface area contributed by atoms with Crippen LogP contribution in [-0.4, -0.2) is 23.3 Å². The summed E-state index contributed by atoms with van der Waals surface area (Å²) in [5.41, 5.74) is 0. The summed E-state index contributed by atoms with van der Waals surface area (Å²) in [5, 5.41) is 9.28. The molecule has 3 heteroatoms. The lowest BCUT2D eigenvalue weighted by Crippen LogP contribution is -2.28. The zero-order chi connectivity index (χ0) is 10.6. The number of rotatable bonds is 3. The van der Waals surface area contributed by atoms with Gasteiger partial charge in [0, 0.05) is 0 Å². The first-order valence-electron chi connectivity index (χ1n) is 5.52. The Bertz CT molecular complexity index is 183. The summed E-state index contributed by atoms with van der Waals surface area (Å²) < 4.78 is 5.34. The topological polar surface area (TPSA) is 46.5 Å². The van der Waals surface area contributed by atoms with Crippen molar-refractivity contribution < 1.29 is 14.6 Å². The normalized spacial score (nSPS) is 29.6. The zero-order valence-electron chi connectivity index (χ0n) is 9.03. The lowest BCUT2D eigenvalue weighted by Gasteiger charge is -2.26. The maximum atomic E-state index is 11.4. The largest absolute Gasteiger partial charge is 0.462 e. The van der Waals surface area contributed by atoms with Gasteiger partial charge in [-0.15, -0.1) is 0 Å². The van der Waals surface area contributed by atoms with E-state index in [2.05, 4.69) is 0 Å². The molecule has 1 aliphatic carbocycles. The van der Waals surface area contributed by atoms with E-state index in [1.165, 1.54) is 0 Å². The second kappa shape index (κ2) is 5.35. The Balaban J connectivity index is 2.27. The summed E-state index contributed by atoms with van der Waals surface area (Å²) in [5.74, 6) is -0.0873. The molecular weight excluding hydrogens is 180 g/mol. The Morgan fingerprint density at radius 2 is 2.00 bits per heavy atom. The predicted octanol–water partition coefficient (Wildman–Crippen LogP) is 1.88. The van der Waals surface area contributed by atoms with Gasteiger partial charge in [0.2, 0.25) is 0 Å². The van der Waals surface area contributed by atoms with E-state index in [-0.39, 0.29) is 24.1 Å². The molecule has 0 aromatic heterocycles. The Labute approximate surface area is 85.5 Å². The highest BCUT2D eigenvalue weighted by molar-refractivity contribution is 5.72. The fourth-order valence-corrected chi connectivity index (χ4v) is 1.61. The van der Waals surface area contributed by atoms with Crippen LogP contribution in [-0.2, 0) is 9.53 Å². The van der Waals surface area contributed by atoms with Crippen LogP contribution < -0.4 is 0 Å². The first-order chi connectivity index (χ1) is 6.63. The fraction of sp³-hybridized carbons (Fsp3) is 0.909. The van der Waals surface area contributed by atoms with Crippen LogP contribution in [0.5, 0.6) is 0 Å². The van der Waals surface area contributed by atoms with E-state index in [1.54, 1.807) is 0 Å². The van der Waals surface area contributed by atoms with E-state index in [4.69, 9.17) is 4.74 Å². The van der Waals surface area contributed by atoms with Crippen molar-refractivity contribution in [2.24, 2.45) is 5.92 Å². The molecule has 0 aromatic rings. The van der Waals surface area contributed by atoms with Crippen molar-refractivity contribution in [1.29, 1.82) is 0 Å². The predicted molar refractivity (Wildman–Crippen MR) is 53.8 cm³/mol. The minimum Gasteiger partial charge on any atom is -0.462 e. The number of hydrogen-bond acceptors (Lipinski definition) is 3. The Kier molecular flexibility index (Phi) is 4.39. The van der Waals surface area contributed by atoms with Crippen LogP contribution in [0.4, 0.5) is 0 Å². The monoisotopic (exact) mass is 200 g/mol. The molecule has 82 valence electrons. The second-order valence-electron chi connectivity index (χ2n) is 4.18. The SMILES string of the molecule is CCC(C)C(=O)OC1CCC(O)CC1. The molecule has 1 unspecified atom stereocenters. The molecule has 0 amide bonds. The fourth-order valence-electron chi connectivity index (χ4n) is 1.61. The number of aliphatic hydroxyl groups is 1. The van der Waals surface area contributed by atoms with Crippen molar-refractivity contribution in [2.75, 3.05) is 0 Å². The molecule has 0 radical (unpaired) electrons. The number of carbonyl (C=O) groups is 1. The van der Waals surface area contributed by atoms with Crippen LogP contribution in [0.1, 0.15) is 46.0 Å². The Morgan fingerprint density at radius 1 is 1.43 bits per heavy atom. The van der Waals surface area contributed by atoms with E-state index in [1.807, 2.05) is 13.8 Å². The maximum Gasteiger partial charge on any atom is 0.308 e. The molecule has 3 nitrogen and oxygen atoms in total. The summed E-state index contributed by atoms with van der Waals surface area (Å²) in [6.45, 7) is 3.87. The van der Waals surface area contributed by atoms with Gasteiger partial charge in [-0.3, -0.25) is 4.79 Å². The van der Waals surface area contributed by atoms with Crippen molar-refractivity contribution in [1.82, 2.24) is 0 Å². The van der Waals surface area contributed by atoms with Crippen molar-refractivity contribution in [3.05, 3.63) is 0 Å². The summed E-state index contributed by atoms with van der Waals surface area (Å²) in [7, 11) is 0. The highest BCUT2D eigenvalue weighted by Gasteiger charge is 2.23. The highest BCUT2D eigenvalue weighted by Crippen LogP contribution is 2.22. The Hall–Kier alpha value is -0.570. The van der Waals surface area contributed by atoms with E-state index in [0.29, 0.717) is 0 Å². The molecule has 14 heavy (non-hydrogen) atoms. The third kappa shape index (κ3) is 3.29. The van der Waals surface area contributed by atoms with Crippen LogP contribution in [0.3, 0.4) is 0 Å². The number of aliphatic hydroxyl groups excluding tert-OH is 1. The molecule has 1 rings (SSSR count). The average Bonchev–Trinajstić information content (AvgIpc) is 2.20. The first kappa shape index (κ1) is 11.5. The number of esters is 1. The van der Waals surface area contributed by atoms with E-state index in [0.717, 1.165) is 32.1 Å². The van der Waals surface area contributed by atoms with Crippen molar-refractivity contribution in [3.8, 4) is 0 Å². The lowest BCUT2D eigenvalue weighted by molar-refractivity contribution is -0.156. The van der Waals surface area contributed by atoms with E-state index in [9.17, 15) is 9.90 Å². The van der Waals surface area contributed by atoms with Crippen LogP contribution >= 0.6 is 0 Å². The number of carbonyl (C=O) groups excluding carboxylic acids is 1. The summed E-state index contributed by atoms with van der Waals surface area (Å²) >= 11 is 0. The van der Waals surface area contributed by atoms with Crippen molar-refractivity contribution in [3.63, 3.8) is 0 Å². The summed E-state index contributed by atoms with van der Waals surface area (Å²) in [6, 6.07) is 0. The van der Waals surface area contributed by atoms with Gasteiger partial charge < -0.3 is 9.84 Å². The first-order valence-corrected chi connectivity index (χ1v) is 5.52. The van der Waals surface area contributed by atoms with Gasteiger partial charge in [0.15, 0.2) is 0 Å². The minimum absolute atomic E-state index is 0.00171. The van der Waals surface area contributed by atoms with E-state index < -0.39 is 0 Å². The molecular formula is C11H20O3. The molecule has 1 N–H and O–H groups in total. The standard InChI is InChI=1S/C11H20O3/c1-3-8(2)11(13)14-10-6-4-9(12)5-7-10/h8-10,12H,3-7H2,1-2H3. The molecule has 0 heterocycles. The smallest absolute Gasteiger partial charge is 0.308 e. The van der Waals surface area contributed by atoms with Gasteiger partial charge in [-0.25, -0.2) is 0 Å². The molecule has 1 aliphatic rings. The van der Waals surface area contributed by atoms with Gasteiger partial charge in [0.25, 0.3) is 0 Å². The maximum absolute atomic E-state index is 11.4. The molecule has 1 atom stereocenters. The highest BCUT2D eigenvalue weighted by atomic mass is 16.5. The van der Waals surface area contributed by atoms with Crippen LogP contribution in [0, 0.1) is 5.92 Å². The molecule has 0 spiro atoms. The summed E-state index contributed by atoms with van der Waals surface area (Å²) in [6.07, 6.45) is 3.83. The van der Waals surface area contributed by atoms with Gasteiger partial charge >= 0.3 is 5.97 Å². The Morgan fingerprint density at radius 3 is 2.50 bits per heavy atom. The van der Waals surface area contributed by atoms with Crippen LogP contribution in [0.15, 0.2) is 0 Å². The van der Waals surface area contributed by atoms with Gasteiger partial charge in [-0.1, -0.05) is 13.8 Å². The van der Waals surface area contributed by atoms with Gasteiger partial charge in [0.1, 0.15) is 6.10 Å². The third-order valence-electron chi connectivity index (χ3n) is 2.94. The van der Waals surface area contributed by atoms with Crippen molar-refractivity contribution >= 4 is 5.97 Å². The van der Waals surface area contributed by atoms with Gasteiger partial charge in [-0.05, 0) is 32.1 Å². The van der Waals surface area contributed by atoms with Gasteiger partial charge in [0.05, 0.1) is 12.0 Å². The quantitative estimate of drug-likeness (QED) is 0.707. The molecule has 0 bridgehead atoms.